The van der Waals surface area contributed by atoms with E-state index in [1.807, 2.05) is 24.3 Å². The van der Waals surface area contributed by atoms with Crippen LogP contribution >= 0.6 is 11.6 Å². The van der Waals surface area contributed by atoms with Crippen LogP contribution in [-0.2, 0) is 6.54 Å². The third-order valence-electron chi connectivity index (χ3n) is 3.78. The summed E-state index contributed by atoms with van der Waals surface area (Å²) in [5, 5.41) is 0.748. The van der Waals surface area contributed by atoms with Gasteiger partial charge in [0.25, 0.3) is 0 Å². The standard InChI is InChI=1S/C18H19ClN2/c19-16-7-4-8-18(13-16)20-17-9-11-21(12-10-17)14-15-5-2-1-3-6-15/h1-8,13H,9-12,14H2. The van der Waals surface area contributed by atoms with E-state index in [0.29, 0.717) is 0 Å². The van der Waals surface area contributed by atoms with Gasteiger partial charge in [0.1, 0.15) is 0 Å². The molecule has 0 unspecified atom stereocenters. The lowest BCUT2D eigenvalue weighted by atomic mass is 10.1. The fraction of sp³-hybridized carbons (Fsp3) is 0.278. The lowest BCUT2D eigenvalue weighted by Crippen LogP contribution is -2.33. The molecule has 108 valence electrons. The minimum atomic E-state index is 0.748. The van der Waals surface area contributed by atoms with Gasteiger partial charge in [-0.05, 0) is 36.6 Å². The first-order valence-electron chi connectivity index (χ1n) is 7.38. The number of halogens is 1. The Labute approximate surface area is 131 Å². The van der Waals surface area contributed by atoms with Crippen molar-refractivity contribution in [3.8, 4) is 0 Å². The van der Waals surface area contributed by atoms with Crippen LogP contribution in [0.1, 0.15) is 18.4 Å². The maximum atomic E-state index is 6.00. The van der Waals surface area contributed by atoms with Crippen LogP contribution in [0.2, 0.25) is 5.02 Å². The molecule has 3 rings (SSSR count). The van der Waals surface area contributed by atoms with E-state index in [-0.39, 0.29) is 0 Å². The van der Waals surface area contributed by atoms with Crippen molar-refractivity contribution >= 4 is 23.0 Å². The topological polar surface area (TPSA) is 15.6 Å². The smallest absolute Gasteiger partial charge is 0.0643 e. The first-order valence-corrected chi connectivity index (χ1v) is 7.76. The molecule has 0 amide bonds. The molecule has 3 heteroatoms. The third-order valence-corrected chi connectivity index (χ3v) is 4.01. The van der Waals surface area contributed by atoms with Crippen LogP contribution in [0.15, 0.2) is 59.6 Å². The van der Waals surface area contributed by atoms with Crippen LogP contribution in [-0.4, -0.2) is 23.7 Å². The van der Waals surface area contributed by atoms with Crippen LogP contribution in [0.5, 0.6) is 0 Å². The van der Waals surface area contributed by atoms with E-state index in [4.69, 9.17) is 16.6 Å². The Bertz CT molecular complexity index is 612. The monoisotopic (exact) mass is 298 g/mol. The van der Waals surface area contributed by atoms with Gasteiger partial charge in [-0.2, -0.15) is 0 Å². The second kappa shape index (κ2) is 6.88. The molecule has 1 aliphatic heterocycles. The summed E-state index contributed by atoms with van der Waals surface area (Å²) in [6.07, 6.45) is 2.08. The van der Waals surface area contributed by atoms with Crippen LogP contribution in [0, 0.1) is 0 Å². The second-order valence-corrected chi connectivity index (χ2v) is 5.86. The molecule has 1 fully saturated rings. The summed E-state index contributed by atoms with van der Waals surface area (Å²) in [6.45, 7) is 3.19. The lowest BCUT2D eigenvalue weighted by molar-refractivity contribution is 0.266. The van der Waals surface area contributed by atoms with Crippen LogP contribution in [0.25, 0.3) is 0 Å². The van der Waals surface area contributed by atoms with Crippen molar-refractivity contribution in [3.63, 3.8) is 0 Å². The molecule has 0 aromatic heterocycles. The Morgan fingerprint density at radius 1 is 0.952 bits per heavy atom. The van der Waals surface area contributed by atoms with Gasteiger partial charge in [-0.25, -0.2) is 0 Å². The summed E-state index contributed by atoms with van der Waals surface area (Å²) < 4.78 is 0. The molecule has 0 spiro atoms. The van der Waals surface area contributed by atoms with Crippen molar-refractivity contribution in [3.05, 3.63) is 65.2 Å². The molecular weight excluding hydrogens is 280 g/mol. The van der Waals surface area contributed by atoms with Gasteiger partial charge in [0.15, 0.2) is 0 Å². The van der Waals surface area contributed by atoms with E-state index in [2.05, 4.69) is 35.2 Å². The van der Waals surface area contributed by atoms with Gasteiger partial charge in [-0.3, -0.25) is 9.89 Å². The zero-order valence-corrected chi connectivity index (χ0v) is 12.8. The van der Waals surface area contributed by atoms with Gasteiger partial charge in [0, 0.05) is 30.4 Å². The average molecular weight is 299 g/mol. The molecule has 2 nitrogen and oxygen atoms in total. The lowest BCUT2D eigenvalue weighted by Gasteiger charge is -2.27. The van der Waals surface area contributed by atoms with E-state index in [9.17, 15) is 0 Å². The normalized spacial score (nSPS) is 16.0. The number of benzene rings is 2. The molecule has 1 aliphatic rings. The summed E-state index contributed by atoms with van der Waals surface area (Å²) in [6, 6.07) is 18.4. The molecule has 0 N–H and O–H groups in total. The fourth-order valence-electron chi connectivity index (χ4n) is 2.65. The summed E-state index contributed by atoms with van der Waals surface area (Å²) in [4.78, 5) is 7.22. The highest BCUT2D eigenvalue weighted by Gasteiger charge is 2.15. The maximum absolute atomic E-state index is 6.00. The van der Waals surface area contributed by atoms with Gasteiger partial charge >= 0.3 is 0 Å². The van der Waals surface area contributed by atoms with E-state index >= 15 is 0 Å². The first kappa shape index (κ1) is 14.3. The Morgan fingerprint density at radius 3 is 2.43 bits per heavy atom. The zero-order chi connectivity index (χ0) is 14.5. The molecule has 0 radical (unpaired) electrons. The van der Waals surface area contributed by atoms with E-state index in [1.165, 1.54) is 11.3 Å². The van der Waals surface area contributed by atoms with E-state index in [0.717, 1.165) is 43.2 Å². The third kappa shape index (κ3) is 4.16. The number of nitrogens with zero attached hydrogens (tertiary/aromatic N) is 2. The summed E-state index contributed by atoms with van der Waals surface area (Å²) >= 11 is 6.00. The van der Waals surface area contributed by atoms with E-state index in [1.54, 1.807) is 0 Å². The quantitative estimate of drug-likeness (QED) is 0.801. The number of hydrogen-bond acceptors (Lipinski definition) is 2. The molecule has 1 heterocycles. The highest BCUT2D eigenvalue weighted by atomic mass is 35.5. The Hall–Kier alpha value is -1.64. The van der Waals surface area contributed by atoms with Crippen molar-refractivity contribution in [1.82, 2.24) is 4.90 Å². The van der Waals surface area contributed by atoms with Gasteiger partial charge in [-0.15, -0.1) is 0 Å². The minimum Gasteiger partial charge on any atom is -0.298 e. The van der Waals surface area contributed by atoms with Gasteiger partial charge in [0.2, 0.25) is 0 Å². The predicted octanol–water partition coefficient (Wildman–Crippen LogP) is 4.71. The zero-order valence-electron chi connectivity index (χ0n) is 12.0. The largest absolute Gasteiger partial charge is 0.298 e. The van der Waals surface area contributed by atoms with Gasteiger partial charge in [0.05, 0.1) is 5.69 Å². The number of hydrogen-bond donors (Lipinski definition) is 0. The minimum absolute atomic E-state index is 0.748. The SMILES string of the molecule is Clc1cccc(N=C2CCN(Cc3ccccc3)CC2)c1. The van der Waals surface area contributed by atoms with Crippen LogP contribution < -0.4 is 0 Å². The fourth-order valence-corrected chi connectivity index (χ4v) is 2.84. The van der Waals surface area contributed by atoms with Crippen molar-refractivity contribution in [2.24, 2.45) is 4.99 Å². The molecule has 0 atom stereocenters. The van der Waals surface area contributed by atoms with E-state index < -0.39 is 0 Å². The number of aliphatic imine (C=N–C) groups is 1. The number of likely N-dealkylation sites (tertiary alicyclic amines) is 1. The first-order chi connectivity index (χ1) is 10.3. The van der Waals surface area contributed by atoms with Crippen LogP contribution in [0.3, 0.4) is 0 Å². The Morgan fingerprint density at radius 2 is 1.71 bits per heavy atom. The molecule has 0 aliphatic carbocycles. The maximum Gasteiger partial charge on any atom is 0.0643 e. The highest BCUT2D eigenvalue weighted by Crippen LogP contribution is 2.20. The average Bonchev–Trinajstić information content (AvgIpc) is 2.50. The Balaban J connectivity index is 1.58. The number of rotatable bonds is 3. The van der Waals surface area contributed by atoms with Crippen molar-refractivity contribution in [1.29, 1.82) is 0 Å². The molecule has 21 heavy (non-hydrogen) atoms. The summed E-state index contributed by atoms with van der Waals surface area (Å²) in [7, 11) is 0. The predicted molar refractivity (Wildman–Crippen MR) is 89.5 cm³/mol. The van der Waals surface area contributed by atoms with Crippen molar-refractivity contribution in [2.75, 3.05) is 13.1 Å². The highest BCUT2D eigenvalue weighted by molar-refractivity contribution is 6.30. The summed E-state index contributed by atoms with van der Waals surface area (Å²) in [5.74, 6) is 0. The molecule has 2 aromatic rings. The number of piperidine rings is 1. The molecule has 2 aromatic carbocycles. The molecular formula is C18H19ClN2. The Kier molecular flexibility index (Phi) is 4.69. The van der Waals surface area contributed by atoms with Crippen LogP contribution in [0.4, 0.5) is 5.69 Å². The van der Waals surface area contributed by atoms with Gasteiger partial charge in [-0.1, -0.05) is 48.0 Å². The molecule has 0 bridgehead atoms. The molecule has 1 saturated heterocycles. The van der Waals surface area contributed by atoms with Crippen molar-refractivity contribution in [2.45, 2.75) is 19.4 Å². The van der Waals surface area contributed by atoms with Gasteiger partial charge < -0.3 is 0 Å². The summed E-state index contributed by atoms with van der Waals surface area (Å²) in [5.41, 5.74) is 3.63. The second-order valence-electron chi connectivity index (χ2n) is 5.42. The van der Waals surface area contributed by atoms with Crippen molar-refractivity contribution < 1.29 is 0 Å². The molecule has 0 saturated carbocycles.